The van der Waals surface area contributed by atoms with Crippen molar-refractivity contribution in [3.63, 3.8) is 0 Å². The van der Waals surface area contributed by atoms with Crippen LogP contribution in [0.1, 0.15) is 0 Å². The molecule has 0 unspecified atom stereocenters. The number of hydrogen-bond donors (Lipinski definition) is 0. The second kappa shape index (κ2) is 5.39. The van der Waals surface area contributed by atoms with Crippen LogP contribution in [-0.2, 0) is 0 Å². The lowest BCUT2D eigenvalue weighted by atomic mass is 10.2. The number of aromatic nitrogens is 2. The van der Waals surface area contributed by atoms with Gasteiger partial charge in [0, 0.05) is 10.5 Å². The zero-order chi connectivity index (χ0) is 14.9. The number of benzene rings is 3. The summed E-state index contributed by atoms with van der Waals surface area (Å²) >= 11 is 3.46. The molecule has 4 heteroatoms. The highest BCUT2D eigenvalue weighted by Crippen LogP contribution is 2.26. The minimum atomic E-state index is 0.754. The molecule has 1 aromatic heterocycles. The molecule has 106 valence electrons. The molecule has 4 rings (SSSR count). The summed E-state index contributed by atoms with van der Waals surface area (Å²) in [5.41, 5.74) is 3.42. The summed E-state index contributed by atoms with van der Waals surface area (Å²) < 4.78 is 6.84. The molecule has 0 aliphatic heterocycles. The first-order valence-corrected chi connectivity index (χ1v) is 7.67. The third-order valence-corrected chi connectivity index (χ3v) is 3.84. The average Bonchev–Trinajstić information content (AvgIpc) is 2.54. The summed E-state index contributed by atoms with van der Waals surface area (Å²) in [6, 6.07) is 21.3. The topological polar surface area (TPSA) is 35.0 Å². The van der Waals surface area contributed by atoms with Gasteiger partial charge in [-0.15, -0.1) is 0 Å². The minimum absolute atomic E-state index is 0.754. The fourth-order valence-corrected chi connectivity index (χ4v) is 2.66. The van der Waals surface area contributed by atoms with Crippen LogP contribution in [-0.4, -0.2) is 9.97 Å². The van der Waals surface area contributed by atoms with Crippen LogP contribution < -0.4 is 4.74 Å². The molecule has 0 fully saturated rings. The Hall–Kier alpha value is -2.46. The Balaban J connectivity index is 1.80. The highest BCUT2D eigenvalue weighted by atomic mass is 79.9. The maximum absolute atomic E-state index is 5.84. The molecule has 0 aliphatic carbocycles. The number of para-hydroxylation sites is 1. The Morgan fingerprint density at radius 1 is 0.636 bits per heavy atom. The van der Waals surface area contributed by atoms with Gasteiger partial charge in [0.1, 0.15) is 11.5 Å². The van der Waals surface area contributed by atoms with Gasteiger partial charge in [0.25, 0.3) is 0 Å². The maximum Gasteiger partial charge on any atom is 0.129 e. The lowest BCUT2D eigenvalue weighted by Crippen LogP contribution is -1.89. The van der Waals surface area contributed by atoms with Crippen molar-refractivity contribution < 1.29 is 4.74 Å². The van der Waals surface area contributed by atoms with Crippen molar-refractivity contribution in [1.82, 2.24) is 9.97 Å². The first-order chi connectivity index (χ1) is 10.8. The van der Waals surface area contributed by atoms with Crippen molar-refractivity contribution in [2.45, 2.75) is 0 Å². The van der Waals surface area contributed by atoms with Gasteiger partial charge in [-0.3, -0.25) is 0 Å². The van der Waals surface area contributed by atoms with Gasteiger partial charge in [-0.05, 0) is 42.5 Å². The van der Waals surface area contributed by atoms with E-state index in [1.165, 1.54) is 0 Å². The van der Waals surface area contributed by atoms with Crippen LogP contribution in [0.4, 0.5) is 0 Å². The molecule has 3 nitrogen and oxygen atoms in total. The average molecular weight is 351 g/mol. The van der Waals surface area contributed by atoms with E-state index in [0.717, 1.165) is 38.0 Å². The van der Waals surface area contributed by atoms with Crippen LogP contribution in [0.3, 0.4) is 0 Å². The van der Waals surface area contributed by atoms with E-state index in [4.69, 9.17) is 4.74 Å². The highest BCUT2D eigenvalue weighted by Gasteiger charge is 2.04. The summed E-state index contributed by atoms with van der Waals surface area (Å²) in [5.74, 6) is 1.56. The predicted molar refractivity (Wildman–Crippen MR) is 91.3 cm³/mol. The van der Waals surface area contributed by atoms with E-state index in [2.05, 4.69) is 25.9 Å². The predicted octanol–water partition coefficient (Wildman–Crippen LogP) is 5.34. The molecule has 0 N–H and O–H groups in total. The second-order valence-electron chi connectivity index (χ2n) is 4.92. The fraction of sp³-hybridized carbons (Fsp3) is 0. The summed E-state index contributed by atoms with van der Waals surface area (Å²) in [6.45, 7) is 0. The van der Waals surface area contributed by atoms with Crippen molar-refractivity contribution in [1.29, 1.82) is 0 Å². The number of halogens is 1. The Bertz CT molecular complexity index is 970. The van der Waals surface area contributed by atoms with Crippen LogP contribution in [0, 0.1) is 0 Å². The Morgan fingerprint density at radius 2 is 1.32 bits per heavy atom. The van der Waals surface area contributed by atoms with Crippen LogP contribution in [0.25, 0.3) is 22.1 Å². The van der Waals surface area contributed by atoms with Crippen molar-refractivity contribution >= 4 is 38.0 Å². The third kappa shape index (κ3) is 2.53. The molecule has 0 atom stereocenters. The number of rotatable bonds is 2. The molecule has 0 aliphatic rings. The summed E-state index contributed by atoms with van der Waals surface area (Å²) in [5, 5.41) is 0. The van der Waals surface area contributed by atoms with Crippen LogP contribution in [0.15, 0.2) is 71.2 Å². The standard InChI is InChI=1S/C18H11BrN2O/c19-12-6-8-15-17(10-12)20-16-9-7-14(11-18(16)21-15)22-13-4-2-1-3-5-13/h1-11H. The van der Waals surface area contributed by atoms with E-state index < -0.39 is 0 Å². The Morgan fingerprint density at radius 3 is 2.09 bits per heavy atom. The molecule has 0 radical (unpaired) electrons. The van der Waals surface area contributed by atoms with E-state index in [0.29, 0.717) is 0 Å². The van der Waals surface area contributed by atoms with E-state index >= 15 is 0 Å². The van der Waals surface area contributed by atoms with Crippen molar-refractivity contribution in [2.75, 3.05) is 0 Å². The van der Waals surface area contributed by atoms with Crippen molar-refractivity contribution in [2.24, 2.45) is 0 Å². The maximum atomic E-state index is 5.84. The number of ether oxygens (including phenoxy) is 1. The van der Waals surface area contributed by atoms with Gasteiger partial charge >= 0.3 is 0 Å². The quantitative estimate of drug-likeness (QED) is 0.458. The summed E-state index contributed by atoms with van der Waals surface area (Å²) in [7, 11) is 0. The van der Waals surface area contributed by atoms with Crippen molar-refractivity contribution in [3.05, 3.63) is 71.2 Å². The normalized spacial score (nSPS) is 11.0. The van der Waals surface area contributed by atoms with Crippen LogP contribution in [0.5, 0.6) is 11.5 Å². The van der Waals surface area contributed by atoms with E-state index in [-0.39, 0.29) is 0 Å². The van der Waals surface area contributed by atoms with Crippen molar-refractivity contribution in [3.8, 4) is 11.5 Å². The van der Waals surface area contributed by atoms with E-state index in [9.17, 15) is 0 Å². The molecule has 0 saturated heterocycles. The van der Waals surface area contributed by atoms with Gasteiger partial charge in [-0.2, -0.15) is 0 Å². The third-order valence-electron chi connectivity index (χ3n) is 3.35. The molecule has 22 heavy (non-hydrogen) atoms. The van der Waals surface area contributed by atoms with Gasteiger partial charge in [-0.1, -0.05) is 34.1 Å². The molecular formula is C18H11BrN2O. The lowest BCUT2D eigenvalue weighted by Gasteiger charge is -2.07. The highest BCUT2D eigenvalue weighted by molar-refractivity contribution is 9.10. The van der Waals surface area contributed by atoms with Gasteiger partial charge in [0.2, 0.25) is 0 Å². The lowest BCUT2D eigenvalue weighted by molar-refractivity contribution is 0.483. The summed E-state index contributed by atoms with van der Waals surface area (Å²) in [6.07, 6.45) is 0. The molecule has 0 saturated carbocycles. The van der Waals surface area contributed by atoms with Gasteiger partial charge in [0.05, 0.1) is 22.1 Å². The fourth-order valence-electron chi connectivity index (χ4n) is 2.32. The SMILES string of the molecule is Brc1ccc2nc3cc(Oc4ccccc4)ccc3nc2c1. The first-order valence-electron chi connectivity index (χ1n) is 6.88. The van der Waals surface area contributed by atoms with E-state index in [1.54, 1.807) is 0 Å². The number of nitrogens with zero attached hydrogens (tertiary/aromatic N) is 2. The zero-order valence-corrected chi connectivity index (χ0v) is 13.1. The molecule has 1 heterocycles. The van der Waals surface area contributed by atoms with Crippen LogP contribution >= 0.6 is 15.9 Å². The van der Waals surface area contributed by atoms with Gasteiger partial charge < -0.3 is 4.74 Å². The van der Waals surface area contributed by atoms with Gasteiger partial charge in [-0.25, -0.2) is 9.97 Å². The monoisotopic (exact) mass is 350 g/mol. The number of fused-ring (bicyclic) bond motifs is 2. The molecule has 0 amide bonds. The molecule has 0 spiro atoms. The second-order valence-corrected chi connectivity index (χ2v) is 5.84. The Kier molecular flexibility index (Phi) is 3.24. The molecule has 4 aromatic rings. The van der Waals surface area contributed by atoms with Gasteiger partial charge in [0.15, 0.2) is 0 Å². The number of hydrogen-bond acceptors (Lipinski definition) is 3. The Labute approximate surface area is 135 Å². The summed E-state index contributed by atoms with van der Waals surface area (Å²) in [4.78, 5) is 9.30. The van der Waals surface area contributed by atoms with E-state index in [1.807, 2.05) is 66.7 Å². The van der Waals surface area contributed by atoms with Crippen LogP contribution in [0.2, 0.25) is 0 Å². The zero-order valence-electron chi connectivity index (χ0n) is 11.5. The molecule has 0 bridgehead atoms. The molecular weight excluding hydrogens is 340 g/mol. The molecule has 3 aromatic carbocycles. The largest absolute Gasteiger partial charge is 0.457 e. The first kappa shape index (κ1) is 13.2. The smallest absolute Gasteiger partial charge is 0.129 e. The minimum Gasteiger partial charge on any atom is -0.457 e.